The maximum Gasteiger partial charge on any atom is 0.257 e. The van der Waals surface area contributed by atoms with Crippen LogP contribution in [0.2, 0.25) is 0 Å². The van der Waals surface area contributed by atoms with Crippen LogP contribution in [0.25, 0.3) is 0 Å². The number of morpholine rings is 1. The van der Waals surface area contributed by atoms with Gasteiger partial charge in [0.25, 0.3) is 5.91 Å². The van der Waals surface area contributed by atoms with Crippen molar-refractivity contribution in [3.05, 3.63) is 52.3 Å². The molecule has 0 aliphatic carbocycles. The molecule has 150 valence electrons. The molecule has 4 rings (SSSR count). The first kappa shape index (κ1) is 19.2. The average Bonchev–Trinajstić information content (AvgIpc) is 3.10. The molecule has 6 nitrogen and oxygen atoms in total. The Hall–Kier alpha value is -2.18. The Kier molecular flexibility index (Phi) is 5.78. The third kappa shape index (κ3) is 4.28. The molecule has 1 atom stereocenters. The van der Waals surface area contributed by atoms with E-state index in [4.69, 9.17) is 4.74 Å². The number of carbonyl (C=O) groups excluding carboxylic acids is 1. The number of aromatic nitrogens is 2. The maximum absolute atomic E-state index is 12.9. The number of nitrogens with one attached hydrogen (secondary N) is 1. The summed E-state index contributed by atoms with van der Waals surface area (Å²) in [5, 5.41) is 8.09. The molecule has 1 fully saturated rings. The highest BCUT2D eigenvalue weighted by atomic mass is 16.5. The predicted octanol–water partition coefficient (Wildman–Crippen LogP) is 2.32. The second kappa shape index (κ2) is 8.45. The van der Waals surface area contributed by atoms with E-state index in [-0.39, 0.29) is 5.91 Å². The molecule has 1 N–H and O–H groups in total. The number of nitrogens with zero attached hydrogens (tertiary/aromatic N) is 3. The van der Waals surface area contributed by atoms with Gasteiger partial charge in [0.1, 0.15) is 0 Å². The SMILES string of the molecule is Cc1cc(C)cc(CNC[C@@H]2CCn3ncc(C(=O)N4CCOCC4)c3C2)c1. The minimum absolute atomic E-state index is 0.105. The van der Waals surface area contributed by atoms with Gasteiger partial charge in [-0.05, 0) is 44.7 Å². The average molecular weight is 383 g/mol. The van der Waals surface area contributed by atoms with Gasteiger partial charge in [0, 0.05) is 26.2 Å². The molecular formula is C22H30N4O2. The largest absolute Gasteiger partial charge is 0.378 e. The van der Waals surface area contributed by atoms with Crippen molar-refractivity contribution in [3.8, 4) is 0 Å². The third-order valence-electron chi connectivity index (χ3n) is 5.75. The van der Waals surface area contributed by atoms with Gasteiger partial charge in [-0.15, -0.1) is 0 Å². The van der Waals surface area contributed by atoms with Crippen molar-refractivity contribution >= 4 is 5.91 Å². The summed E-state index contributed by atoms with van der Waals surface area (Å²) in [6, 6.07) is 6.70. The quantitative estimate of drug-likeness (QED) is 0.862. The van der Waals surface area contributed by atoms with E-state index in [1.165, 1.54) is 16.7 Å². The number of amides is 1. The lowest BCUT2D eigenvalue weighted by molar-refractivity contribution is 0.0301. The monoisotopic (exact) mass is 382 g/mol. The fourth-order valence-electron chi connectivity index (χ4n) is 4.38. The smallest absolute Gasteiger partial charge is 0.257 e. The van der Waals surface area contributed by atoms with E-state index in [1.807, 2.05) is 9.58 Å². The van der Waals surface area contributed by atoms with E-state index in [9.17, 15) is 4.79 Å². The summed E-state index contributed by atoms with van der Waals surface area (Å²) < 4.78 is 7.39. The zero-order valence-corrected chi connectivity index (χ0v) is 16.9. The van der Waals surface area contributed by atoms with Crippen LogP contribution in [-0.2, 0) is 24.2 Å². The van der Waals surface area contributed by atoms with Gasteiger partial charge < -0.3 is 15.0 Å². The van der Waals surface area contributed by atoms with Gasteiger partial charge in [0.2, 0.25) is 0 Å². The van der Waals surface area contributed by atoms with Gasteiger partial charge in [-0.3, -0.25) is 9.48 Å². The number of carbonyl (C=O) groups is 1. The van der Waals surface area contributed by atoms with Crippen LogP contribution in [0.5, 0.6) is 0 Å². The first-order chi connectivity index (χ1) is 13.6. The molecule has 3 heterocycles. The molecule has 1 saturated heterocycles. The van der Waals surface area contributed by atoms with Crippen LogP contribution in [0.1, 0.15) is 39.2 Å². The molecular weight excluding hydrogens is 352 g/mol. The molecule has 6 heteroatoms. The topological polar surface area (TPSA) is 59.4 Å². The van der Waals surface area contributed by atoms with E-state index < -0.39 is 0 Å². The van der Waals surface area contributed by atoms with Gasteiger partial charge >= 0.3 is 0 Å². The van der Waals surface area contributed by atoms with Crippen LogP contribution < -0.4 is 5.32 Å². The Morgan fingerprint density at radius 1 is 1.18 bits per heavy atom. The van der Waals surface area contributed by atoms with E-state index in [1.54, 1.807) is 6.20 Å². The van der Waals surface area contributed by atoms with Crippen molar-refractivity contribution < 1.29 is 9.53 Å². The fraction of sp³-hybridized carbons (Fsp3) is 0.545. The number of aryl methyl sites for hydroxylation is 3. The lowest BCUT2D eigenvalue weighted by Gasteiger charge is -2.28. The van der Waals surface area contributed by atoms with Gasteiger partial charge in [0.05, 0.1) is 30.7 Å². The molecule has 0 spiro atoms. The molecule has 1 aromatic carbocycles. The Morgan fingerprint density at radius 3 is 2.68 bits per heavy atom. The van der Waals surface area contributed by atoms with Crippen molar-refractivity contribution in [2.24, 2.45) is 5.92 Å². The maximum atomic E-state index is 12.9. The molecule has 28 heavy (non-hydrogen) atoms. The second-order valence-electron chi connectivity index (χ2n) is 8.12. The Morgan fingerprint density at radius 2 is 1.93 bits per heavy atom. The molecule has 0 bridgehead atoms. The zero-order valence-electron chi connectivity index (χ0n) is 16.9. The highest BCUT2D eigenvalue weighted by Gasteiger charge is 2.28. The molecule has 2 aliphatic heterocycles. The summed E-state index contributed by atoms with van der Waals surface area (Å²) >= 11 is 0. The summed E-state index contributed by atoms with van der Waals surface area (Å²) in [5.74, 6) is 0.639. The third-order valence-corrected chi connectivity index (χ3v) is 5.75. The number of rotatable bonds is 5. The first-order valence-electron chi connectivity index (χ1n) is 10.3. The number of fused-ring (bicyclic) bond motifs is 1. The Bertz CT molecular complexity index is 819. The van der Waals surface area contributed by atoms with E-state index in [0.717, 1.165) is 43.7 Å². The molecule has 1 aromatic heterocycles. The highest BCUT2D eigenvalue weighted by molar-refractivity contribution is 5.95. The molecule has 0 saturated carbocycles. The Labute approximate surface area is 166 Å². The normalized spacial score (nSPS) is 19.5. The van der Waals surface area contributed by atoms with Crippen molar-refractivity contribution in [1.82, 2.24) is 20.0 Å². The van der Waals surface area contributed by atoms with Crippen LogP contribution >= 0.6 is 0 Å². The molecule has 1 amide bonds. The molecule has 0 unspecified atom stereocenters. The Balaban J connectivity index is 1.36. The lowest BCUT2D eigenvalue weighted by atomic mass is 9.94. The molecule has 2 aliphatic rings. The predicted molar refractivity (Wildman–Crippen MR) is 108 cm³/mol. The van der Waals surface area contributed by atoms with Crippen molar-refractivity contribution in [2.45, 2.75) is 39.8 Å². The van der Waals surface area contributed by atoms with Crippen LogP contribution in [0, 0.1) is 19.8 Å². The van der Waals surface area contributed by atoms with Gasteiger partial charge in [-0.2, -0.15) is 5.10 Å². The fourth-order valence-corrected chi connectivity index (χ4v) is 4.38. The number of hydrogen-bond acceptors (Lipinski definition) is 4. The van der Waals surface area contributed by atoms with Crippen molar-refractivity contribution in [2.75, 3.05) is 32.8 Å². The summed E-state index contributed by atoms with van der Waals surface area (Å²) in [4.78, 5) is 14.8. The number of ether oxygens (including phenoxy) is 1. The van der Waals surface area contributed by atoms with Crippen molar-refractivity contribution in [3.63, 3.8) is 0 Å². The highest BCUT2D eigenvalue weighted by Crippen LogP contribution is 2.24. The van der Waals surface area contributed by atoms with Crippen LogP contribution in [0.3, 0.4) is 0 Å². The number of benzene rings is 1. The van der Waals surface area contributed by atoms with Crippen LogP contribution in [0.15, 0.2) is 24.4 Å². The lowest BCUT2D eigenvalue weighted by Crippen LogP contribution is -2.41. The molecule has 0 radical (unpaired) electrons. The van der Waals surface area contributed by atoms with E-state index >= 15 is 0 Å². The zero-order chi connectivity index (χ0) is 19.5. The minimum Gasteiger partial charge on any atom is -0.378 e. The standard InChI is InChI=1S/C22H30N4O2/c1-16-9-17(2)11-19(10-16)14-23-13-18-3-4-26-21(12-18)20(15-24-26)22(27)25-5-7-28-8-6-25/h9-11,15,18,23H,3-8,12-14H2,1-2H3/t18-/m1/s1. The van der Waals surface area contributed by atoms with E-state index in [0.29, 0.717) is 32.2 Å². The van der Waals surface area contributed by atoms with Gasteiger partial charge in [-0.1, -0.05) is 29.3 Å². The van der Waals surface area contributed by atoms with Crippen LogP contribution in [-0.4, -0.2) is 53.4 Å². The van der Waals surface area contributed by atoms with Crippen LogP contribution in [0.4, 0.5) is 0 Å². The summed E-state index contributed by atoms with van der Waals surface area (Å²) in [6.07, 6.45) is 3.77. The first-order valence-corrected chi connectivity index (χ1v) is 10.3. The summed E-state index contributed by atoms with van der Waals surface area (Å²) in [6.45, 7) is 9.62. The van der Waals surface area contributed by atoms with E-state index in [2.05, 4.69) is 42.5 Å². The van der Waals surface area contributed by atoms with Crippen molar-refractivity contribution in [1.29, 1.82) is 0 Å². The molecule has 2 aromatic rings. The summed E-state index contributed by atoms with van der Waals surface area (Å²) in [5.41, 5.74) is 5.83. The second-order valence-corrected chi connectivity index (χ2v) is 8.12. The number of hydrogen-bond donors (Lipinski definition) is 1. The van der Waals surface area contributed by atoms with Gasteiger partial charge in [-0.25, -0.2) is 0 Å². The van der Waals surface area contributed by atoms with Gasteiger partial charge in [0.15, 0.2) is 0 Å². The summed E-state index contributed by atoms with van der Waals surface area (Å²) in [7, 11) is 0. The minimum atomic E-state index is 0.105.